The fraction of sp³-hybridized carbons (Fsp3) is 0.400. The van der Waals surface area contributed by atoms with E-state index in [0.29, 0.717) is 37.3 Å². The molecule has 2 aromatic carbocycles. The summed E-state index contributed by atoms with van der Waals surface area (Å²) in [5.41, 5.74) is 2.72. The minimum absolute atomic E-state index is 0.0174. The second-order valence-electron chi connectivity index (χ2n) is 9.09. The lowest BCUT2D eigenvalue weighted by Crippen LogP contribution is -2.48. The molecule has 0 N–H and O–H groups in total. The Labute approximate surface area is 183 Å². The van der Waals surface area contributed by atoms with Crippen LogP contribution in [0.15, 0.2) is 48.5 Å². The zero-order valence-electron chi connectivity index (χ0n) is 18.6. The van der Waals surface area contributed by atoms with Crippen LogP contribution in [0.1, 0.15) is 31.8 Å². The third-order valence-corrected chi connectivity index (χ3v) is 6.79. The Morgan fingerprint density at radius 3 is 1.97 bits per heavy atom. The van der Waals surface area contributed by atoms with Crippen LogP contribution in [0.25, 0.3) is 0 Å². The molecule has 2 atom stereocenters. The van der Waals surface area contributed by atoms with E-state index in [0.717, 1.165) is 11.1 Å². The Kier molecular flexibility index (Phi) is 5.33. The highest BCUT2D eigenvalue weighted by atomic mass is 16.2. The summed E-state index contributed by atoms with van der Waals surface area (Å²) >= 11 is 0. The first-order chi connectivity index (χ1) is 14.7. The Bertz CT molecular complexity index is 1030. The second kappa shape index (κ2) is 7.84. The van der Waals surface area contributed by atoms with Crippen LogP contribution in [0.2, 0.25) is 0 Å². The number of rotatable bonds is 3. The first kappa shape index (κ1) is 21.1. The summed E-state index contributed by atoms with van der Waals surface area (Å²) in [6.45, 7) is 5.63. The SMILES string of the molecule is Cc1ccc(C(=O)N2C[C@@H]3CN(C(=O)c4ccccc4)C[C@]3(C(=O)N(C)C)C2)cc1C. The zero-order chi connectivity index (χ0) is 22.3. The lowest BCUT2D eigenvalue weighted by Gasteiger charge is -2.30. The maximum absolute atomic E-state index is 13.3. The van der Waals surface area contributed by atoms with Gasteiger partial charge in [0.2, 0.25) is 5.91 Å². The van der Waals surface area contributed by atoms with Gasteiger partial charge in [-0.25, -0.2) is 0 Å². The average Bonchev–Trinajstić information content (AvgIpc) is 3.30. The molecule has 4 rings (SSSR count). The van der Waals surface area contributed by atoms with E-state index in [-0.39, 0.29) is 23.6 Å². The van der Waals surface area contributed by atoms with Crippen LogP contribution in [0, 0.1) is 25.2 Å². The minimum Gasteiger partial charge on any atom is -0.348 e. The van der Waals surface area contributed by atoms with E-state index >= 15 is 0 Å². The second-order valence-corrected chi connectivity index (χ2v) is 9.09. The van der Waals surface area contributed by atoms with Gasteiger partial charge in [0.15, 0.2) is 0 Å². The molecule has 2 fully saturated rings. The van der Waals surface area contributed by atoms with Crippen molar-refractivity contribution < 1.29 is 14.4 Å². The van der Waals surface area contributed by atoms with Gasteiger partial charge in [-0.05, 0) is 49.2 Å². The summed E-state index contributed by atoms with van der Waals surface area (Å²) in [6, 6.07) is 14.9. The predicted molar refractivity (Wildman–Crippen MR) is 119 cm³/mol. The number of benzene rings is 2. The van der Waals surface area contributed by atoms with Gasteiger partial charge in [0, 0.05) is 57.3 Å². The van der Waals surface area contributed by atoms with Gasteiger partial charge in [0.25, 0.3) is 11.8 Å². The summed E-state index contributed by atoms with van der Waals surface area (Å²) in [5.74, 6) is -0.209. The van der Waals surface area contributed by atoms with Crippen molar-refractivity contribution in [1.82, 2.24) is 14.7 Å². The zero-order valence-corrected chi connectivity index (χ0v) is 18.6. The predicted octanol–water partition coefficient (Wildman–Crippen LogP) is 2.61. The Morgan fingerprint density at radius 1 is 0.839 bits per heavy atom. The van der Waals surface area contributed by atoms with Crippen molar-refractivity contribution in [2.75, 3.05) is 40.3 Å². The molecule has 162 valence electrons. The summed E-state index contributed by atoms with van der Waals surface area (Å²) in [6.07, 6.45) is 0. The molecule has 0 radical (unpaired) electrons. The van der Waals surface area contributed by atoms with Gasteiger partial charge in [-0.2, -0.15) is 0 Å². The molecule has 0 unspecified atom stereocenters. The fourth-order valence-corrected chi connectivity index (χ4v) is 4.94. The van der Waals surface area contributed by atoms with Gasteiger partial charge in [-0.3, -0.25) is 14.4 Å². The number of likely N-dealkylation sites (tertiary alicyclic amines) is 2. The number of carbonyl (C=O) groups is 3. The normalized spacial score (nSPS) is 22.4. The first-order valence-corrected chi connectivity index (χ1v) is 10.7. The van der Waals surface area contributed by atoms with Crippen LogP contribution >= 0.6 is 0 Å². The van der Waals surface area contributed by atoms with E-state index < -0.39 is 5.41 Å². The molecule has 0 bridgehead atoms. The van der Waals surface area contributed by atoms with Gasteiger partial charge in [-0.1, -0.05) is 24.3 Å². The van der Waals surface area contributed by atoms with Crippen LogP contribution in [-0.4, -0.2) is 72.7 Å². The van der Waals surface area contributed by atoms with E-state index in [1.165, 1.54) is 0 Å². The van der Waals surface area contributed by atoms with E-state index in [9.17, 15) is 14.4 Å². The number of hydrogen-bond donors (Lipinski definition) is 0. The van der Waals surface area contributed by atoms with Crippen LogP contribution in [-0.2, 0) is 4.79 Å². The van der Waals surface area contributed by atoms with E-state index in [4.69, 9.17) is 0 Å². The third kappa shape index (κ3) is 3.60. The highest BCUT2D eigenvalue weighted by Gasteiger charge is 2.59. The highest BCUT2D eigenvalue weighted by Crippen LogP contribution is 2.44. The van der Waals surface area contributed by atoms with Crippen molar-refractivity contribution >= 4 is 17.7 Å². The largest absolute Gasteiger partial charge is 0.348 e. The number of nitrogens with zero attached hydrogens (tertiary/aromatic N) is 3. The van der Waals surface area contributed by atoms with Crippen LogP contribution in [0.4, 0.5) is 0 Å². The smallest absolute Gasteiger partial charge is 0.253 e. The quantitative estimate of drug-likeness (QED) is 0.768. The summed E-state index contributed by atoms with van der Waals surface area (Å²) in [4.78, 5) is 44.7. The van der Waals surface area contributed by atoms with Crippen molar-refractivity contribution in [3.8, 4) is 0 Å². The molecule has 2 aliphatic rings. The van der Waals surface area contributed by atoms with Crippen LogP contribution < -0.4 is 0 Å². The lowest BCUT2D eigenvalue weighted by molar-refractivity contribution is -0.139. The first-order valence-electron chi connectivity index (χ1n) is 10.7. The molecule has 2 aliphatic heterocycles. The topological polar surface area (TPSA) is 60.9 Å². The highest BCUT2D eigenvalue weighted by molar-refractivity contribution is 5.97. The van der Waals surface area contributed by atoms with Gasteiger partial charge in [-0.15, -0.1) is 0 Å². The van der Waals surface area contributed by atoms with Crippen molar-refractivity contribution in [2.24, 2.45) is 11.3 Å². The average molecular weight is 420 g/mol. The molecule has 0 saturated carbocycles. The van der Waals surface area contributed by atoms with Gasteiger partial charge in [0.1, 0.15) is 0 Å². The molecule has 2 heterocycles. The summed E-state index contributed by atoms with van der Waals surface area (Å²) in [7, 11) is 3.48. The van der Waals surface area contributed by atoms with E-state index in [1.54, 1.807) is 40.9 Å². The number of aryl methyl sites for hydroxylation is 2. The lowest BCUT2D eigenvalue weighted by atomic mass is 9.79. The standard InChI is InChI=1S/C25H29N3O3/c1-17-10-11-20(12-18(17)2)23(30)28-14-21-13-27(22(29)19-8-6-5-7-9-19)15-25(21,16-28)24(31)26(3)4/h5-12,21H,13-16H2,1-4H3/t21-,25-/m0/s1. The van der Waals surface area contributed by atoms with E-state index in [2.05, 4.69) is 0 Å². The number of fused-ring (bicyclic) bond motifs is 1. The molecule has 2 saturated heterocycles. The Morgan fingerprint density at radius 2 is 1.42 bits per heavy atom. The van der Waals surface area contributed by atoms with E-state index in [1.807, 2.05) is 50.2 Å². The monoisotopic (exact) mass is 419 g/mol. The van der Waals surface area contributed by atoms with Crippen molar-refractivity contribution in [1.29, 1.82) is 0 Å². The molecule has 0 spiro atoms. The molecule has 0 aromatic heterocycles. The number of hydrogen-bond acceptors (Lipinski definition) is 3. The Hall–Kier alpha value is -3.15. The third-order valence-electron chi connectivity index (χ3n) is 6.79. The molecule has 6 nitrogen and oxygen atoms in total. The fourth-order valence-electron chi connectivity index (χ4n) is 4.94. The van der Waals surface area contributed by atoms with Gasteiger partial charge in [0.05, 0.1) is 5.41 Å². The van der Waals surface area contributed by atoms with Gasteiger partial charge < -0.3 is 14.7 Å². The molecule has 31 heavy (non-hydrogen) atoms. The van der Waals surface area contributed by atoms with Crippen LogP contribution in [0.3, 0.4) is 0 Å². The summed E-state index contributed by atoms with van der Waals surface area (Å²) < 4.78 is 0. The molecule has 3 amide bonds. The minimum atomic E-state index is -0.761. The van der Waals surface area contributed by atoms with Crippen molar-refractivity contribution in [3.63, 3.8) is 0 Å². The maximum atomic E-state index is 13.3. The Balaban J connectivity index is 1.60. The molecule has 6 heteroatoms. The van der Waals surface area contributed by atoms with Gasteiger partial charge >= 0.3 is 0 Å². The summed E-state index contributed by atoms with van der Waals surface area (Å²) in [5, 5.41) is 0. The van der Waals surface area contributed by atoms with Crippen LogP contribution in [0.5, 0.6) is 0 Å². The van der Waals surface area contributed by atoms with Crippen molar-refractivity contribution in [2.45, 2.75) is 13.8 Å². The molecular weight excluding hydrogens is 390 g/mol. The molecule has 2 aromatic rings. The number of carbonyl (C=O) groups excluding carboxylic acids is 3. The van der Waals surface area contributed by atoms with Crippen molar-refractivity contribution in [3.05, 3.63) is 70.8 Å². The molecule has 0 aliphatic carbocycles. The molecular formula is C25H29N3O3. The maximum Gasteiger partial charge on any atom is 0.253 e. The number of amides is 3.